The summed E-state index contributed by atoms with van der Waals surface area (Å²) in [5, 5.41) is 0. The van der Waals surface area contributed by atoms with Gasteiger partial charge >= 0.3 is 0 Å². The molecule has 1 heterocycles. The molecule has 1 aliphatic carbocycles. The van der Waals surface area contributed by atoms with Crippen LogP contribution in [0.5, 0.6) is 0 Å². The zero-order valence-corrected chi connectivity index (χ0v) is 12.5. The van der Waals surface area contributed by atoms with E-state index in [-0.39, 0.29) is 5.54 Å². The molecule has 2 N–H and O–H groups in total. The van der Waals surface area contributed by atoms with E-state index in [4.69, 9.17) is 5.73 Å². The summed E-state index contributed by atoms with van der Waals surface area (Å²) >= 11 is 0. The van der Waals surface area contributed by atoms with Crippen molar-refractivity contribution in [3.8, 4) is 0 Å². The van der Waals surface area contributed by atoms with Crippen LogP contribution in [-0.2, 0) is 6.54 Å². The van der Waals surface area contributed by atoms with Gasteiger partial charge in [0.2, 0.25) is 0 Å². The van der Waals surface area contributed by atoms with Crippen LogP contribution in [0.15, 0.2) is 24.5 Å². The van der Waals surface area contributed by atoms with Gasteiger partial charge in [0.05, 0.1) is 0 Å². The Bertz CT molecular complexity index is 402. The highest BCUT2D eigenvalue weighted by molar-refractivity contribution is 5.13. The maximum atomic E-state index is 6.22. The smallest absolute Gasteiger partial charge is 0.0385 e. The lowest BCUT2D eigenvalue weighted by Crippen LogP contribution is -2.59. The second-order valence-electron chi connectivity index (χ2n) is 6.34. The van der Waals surface area contributed by atoms with Crippen LogP contribution in [0.25, 0.3) is 0 Å². The molecule has 1 aliphatic rings. The highest BCUT2D eigenvalue weighted by Gasteiger charge is 2.50. The number of likely N-dealkylation sites (N-methyl/N-ethyl adjacent to an activating group) is 1. The first-order chi connectivity index (χ1) is 9.05. The Labute approximate surface area is 117 Å². The average molecular weight is 261 g/mol. The molecule has 0 radical (unpaired) electrons. The highest BCUT2D eigenvalue weighted by atomic mass is 15.2. The second kappa shape index (κ2) is 5.59. The number of rotatable bonds is 5. The highest BCUT2D eigenvalue weighted by Crippen LogP contribution is 2.49. The molecule has 0 spiro atoms. The van der Waals surface area contributed by atoms with Gasteiger partial charge in [-0.2, -0.15) is 0 Å². The SMILES string of the molecule is CCN(Cc1ccncc1)C1(CN)CCCC1(C)C. The lowest BCUT2D eigenvalue weighted by atomic mass is 9.73. The molecule has 1 aromatic heterocycles. The summed E-state index contributed by atoms with van der Waals surface area (Å²) in [6.45, 7) is 9.76. The van der Waals surface area contributed by atoms with Crippen LogP contribution in [0.4, 0.5) is 0 Å². The molecule has 1 unspecified atom stereocenters. The Hall–Kier alpha value is -0.930. The summed E-state index contributed by atoms with van der Waals surface area (Å²) in [6.07, 6.45) is 7.53. The normalized spacial score (nSPS) is 25.9. The molecular formula is C16H27N3. The van der Waals surface area contributed by atoms with Gasteiger partial charge in [-0.1, -0.05) is 27.2 Å². The Balaban J connectivity index is 2.25. The van der Waals surface area contributed by atoms with E-state index in [2.05, 4.69) is 42.8 Å². The molecule has 1 atom stereocenters. The Kier molecular flexibility index (Phi) is 4.26. The van der Waals surface area contributed by atoms with Crippen LogP contribution < -0.4 is 5.73 Å². The molecule has 0 bridgehead atoms. The van der Waals surface area contributed by atoms with E-state index < -0.39 is 0 Å². The van der Waals surface area contributed by atoms with E-state index in [0.717, 1.165) is 19.6 Å². The molecule has 3 heteroatoms. The van der Waals surface area contributed by atoms with Crippen molar-refractivity contribution in [2.75, 3.05) is 13.1 Å². The molecule has 0 saturated heterocycles. The fourth-order valence-electron chi connectivity index (χ4n) is 3.76. The number of aromatic nitrogens is 1. The third-order valence-electron chi connectivity index (χ3n) is 5.10. The first kappa shape index (κ1) is 14.5. The first-order valence-electron chi connectivity index (χ1n) is 7.40. The molecule has 0 amide bonds. The summed E-state index contributed by atoms with van der Waals surface area (Å²) in [5.41, 5.74) is 7.99. The fourth-order valence-corrected chi connectivity index (χ4v) is 3.76. The zero-order chi connectivity index (χ0) is 13.9. The summed E-state index contributed by atoms with van der Waals surface area (Å²) in [7, 11) is 0. The lowest BCUT2D eigenvalue weighted by molar-refractivity contribution is 0.0101. The van der Waals surface area contributed by atoms with Gasteiger partial charge in [0, 0.05) is 31.0 Å². The van der Waals surface area contributed by atoms with E-state index in [9.17, 15) is 0 Å². The van der Waals surface area contributed by atoms with E-state index in [1.807, 2.05) is 12.4 Å². The number of hydrogen-bond donors (Lipinski definition) is 1. The van der Waals surface area contributed by atoms with Gasteiger partial charge in [-0.05, 0) is 42.5 Å². The van der Waals surface area contributed by atoms with Crippen molar-refractivity contribution in [2.24, 2.45) is 11.1 Å². The monoisotopic (exact) mass is 261 g/mol. The van der Waals surface area contributed by atoms with Gasteiger partial charge in [0.1, 0.15) is 0 Å². The molecule has 2 rings (SSSR count). The Morgan fingerprint density at radius 3 is 2.42 bits per heavy atom. The van der Waals surface area contributed by atoms with Gasteiger partial charge in [0.15, 0.2) is 0 Å². The van der Waals surface area contributed by atoms with Gasteiger partial charge in [-0.25, -0.2) is 0 Å². The van der Waals surface area contributed by atoms with Crippen molar-refractivity contribution in [1.82, 2.24) is 9.88 Å². The first-order valence-corrected chi connectivity index (χ1v) is 7.40. The molecule has 0 aliphatic heterocycles. The van der Waals surface area contributed by atoms with Crippen molar-refractivity contribution < 1.29 is 0 Å². The summed E-state index contributed by atoms with van der Waals surface area (Å²) < 4.78 is 0. The molecule has 106 valence electrons. The molecule has 0 aromatic carbocycles. The largest absolute Gasteiger partial charge is 0.329 e. The summed E-state index contributed by atoms with van der Waals surface area (Å²) in [6, 6.07) is 4.21. The van der Waals surface area contributed by atoms with Crippen molar-refractivity contribution in [1.29, 1.82) is 0 Å². The van der Waals surface area contributed by atoms with Gasteiger partial charge < -0.3 is 5.73 Å². The quantitative estimate of drug-likeness (QED) is 0.886. The van der Waals surface area contributed by atoms with Crippen molar-refractivity contribution >= 4 is 0 Å². The number of hydrogen-bond acceptors (Lipinski definition) is 3. The molecule has 1 aromatic rings. The van der Waals surface area contributed by atoms with Crippen LogP contribution in [0, 0.1) is 5.41 Å². The third-order valence-corrected chi connectivity index (χ3v) is 5.10. The van der Waals surface area contributed by atoms with Crippen LogP contribution in [-0.4, -0.2) is 28.5 Å². The van der Waals surface area contributed by atoms with E-state index in [0.29, 0.717) is 5.41 Å². The Morgan fingerprint density at radius 2 is 1.95 bits per heavy atom. The van der Waals surface area contributed by atoms with Gasteiger partial charge in [-0.3, -0.25) is 9.88 Å². The van der Waals surface area contributed by atoms with E-state index >= 15 is 0 Å². The fraction of sp³-hybridized carbons (Fsp3) is 0.688. The molecule has 1 fully saturated rings. The van der Waals surface area contributed by atoms with E-state index in [1.54, 1.807) is 0 Å². The Morgan fingerprint density at radius 1 is 1.26 bits per heavy atom. The van der Waals surface area contributed by atoms with Crippen molar-refractivity contribution in [3.63, 3.8) is 0 Å². The maximum absolute atomic E-state index is 6.22. The minimum Gasteiger partial charge on any atom is -0.329 e. The second-order valence-corrected chi connectivity index (χ2v) is 6.34. The van der Waals surface area contributed by atoms with Crippen LogP contribution in [0.2, 0.25) is 0 Å². The molecular weight excluding hydrogens is 234 g/mol. The predicted molar refractivity (Wildman–Crippen MR) is 79.7 cm³/mol. The van der Waals surface area contributed by atoms with Gasteiger partial charge in [0.25, 0.3) is 0 Å². The molecule has 1 saturated carbocycles. The minimum atomic E-state index is 0.144. The average Bonchev–Trinajstić information content (AvgIpc) is 2.73. The topological polar surface area (TPSA) is 42.2 Å². The molecule has 19 heavy (non-hydrogen) atoms. The zero-order valence-electron chi connectivity index (χ0n) is 12.5. The van der Waals surface area contributed by atoms with Crippen LogP contribution in [0.1, 0.15) is 45.6 Å². The van der Waals surface area contributed by atoms with Crippen LogP contribution in [0.3, 0.4) is 0 Å². The molecule has 3 nitrogen and oxygen atoms in total. The standard InChI is InChI=1S/C16H27N3/c1-4-19(12-14-6-10-18-11-7-14)16(13-17)9-5-8-15(16,2)3/h6-7,10-11H,4-5,8-9,12-13,17H2,1-3H3. The van der Waals surface area contributed by atoms with Crippen molar-refractivity contribution in [2.45, 2.75) is 52.1 Å². The van der Waals surface area contributed by atoms with Crippen molar-refractivity contribution in [3.05, 3.63) is 30.1 Å². The third kappa shape index (κ3) is 2.54. The number of nitrogens with zero attached hydrogens (tertiary/aromatic N) is 2. The summed E-state index contributed by atoms with van der Waals surface area (Å²) in [5.74, 6) is 0. The lowest BCUT2D eigenvalue weighted by Gasteiger charge is -2.49. The van der Waals surface area contributed by atoms with Crippen LogP contribution >= 0.6 is 0 Å². The minimum absolute atomic E-state index is 0.144. The van der Waals surface area contributed by atoms with Gasteiger partial charge in [-0.15, -0.1) is 0 Å². The van der Waals surface area contributed by atoms with E-state index in [1.165, 1.54) is 24.8 Å². The predicted octanol–water partition coefficient (Wildman–Crippen LogP) is 2.81. The number of nitrogens with two attached hydrogens (primary N) is 1. The maximum Gasteiger partial charge on any atom is 0.0385 e. The number of pyridine rings is 1. The summed E-state index contributed by atoms with van der Waals surface area (Å²) in [4.78, 5) is 6.68.